The second kappa shape index (κ2) is 8.89. The highest BCUT2D eigenvalue weighted by Crippen LogP contribution is 2.11. The predicted molar refractivity (Wildman–Crippen MR) is 90.0 cm³/mol. The summed E-state index contributed by atoms with van der Waals surface area (Å²) in [4.78, 5) is 35.1. The average molecular weight is 365 g/mol. The van der Waals surface area contributed by atoms with E-state index >= 15 is 0 Å². The number of hydrogen-bond donors (Lipinski definition) is 2. The van der Waals surface area contributed by atoms with Gasteiger partial charge in [-0.05, 0) is 43.3 Å². The van der Waals surface area contributed by atoms with E-state index < -0.39 is 24.4 Å². The van der Waals surface area contributed by atoms with Crippen molar-refractivity contribution in [3.05, 3.63) is 59.0 Å². The van der Waals surface area contributed by atoms with Crippen molar-refractivity contribution < 1.29 is 23.5 Å². The van der Waals surface area contributed by atoms with Gasteiger partial charge in [-0.1, -0.05) is 11.6 Å². The Labute approximate surface area is 149 Å². The van der Waals surface area contributed by atoms with Crippen LogP contribution in [0, 0.1) is 0 Å². The Morgan fingerprint density at radius 1 is 1.20 bits per heavy atom. The van der Waals surface area contributed by atoms with Crippen molar-refractivity contribution in [1.82, 2.24) is 10.6 Å². The van der Waals surface area contributed by atoms with Crippen molar-refractivity contribution in [3.8, 4) is 0 Å². The van der Waals surface area contributed by atoms with Gasteiger partial charge in [-0.15, -0.1) is 0 Å². The lowest BCUT2D eigenvalue weighted by molar-refractivity contribution is -0.147. The van der Waals surface area contributed by atoms with Crippen LogP contribution in [0.4, 0.5) is 0 Å². The maximum Gasteiger partial charge on any atom is 0.325 e. The molecule has 25 heavy (non-hydrogen) atoms. The summed E-state index contributed by atoms with van der Waals surface area (Å²) in [6, 6.07) is 9.30. The highest BCUT2D eigenvalue weighted by atomic mass is 35.5. The van der Waals surface area contributed by atoms with Crippen LogP contribution in [-0.4, -0.2) is 30.9 Å². The summed E-state index contributed by atoms with van der Waals surface area (Å²) in [5.74, 6) is -1.04. The van der Waals surface area contributed by atoms with Gasteiger partial charge in [0.25, 0.3) is 11.8 Å². The van der Waals surface area contributed by atoms with Gasteiger partial charge < -0.3 is 19.8 Å². The standard InChI is InChI=1S/C17H17ClN2O5/c1-11(14-3-2-8-24-14)20-15(21)10-25-16(22)9-19-17(23)12-4-6-13(18)7-5-12/h2-8,11H,9-10H2,1H3,(H,19,23)(H,20,21)/t11-/m0/s1. The third-order valence-corrected chi connectivity index (χ3v) is 3.46. The molecule has 0 radical (unpaired) electrons. The highest BCUT2D eigenvalue weighted by molar-refractivity contribution is 6.30. The molecule has 1 heterocycles. The molecule has 0 aliphatic heterocycles. The molecule has 0 saturated heterocycles. The molecule has 0 unspecified atom stereocenters. The molecular formula is C17H17ClN2O5. The minimum absolute atomic E-state index is 0.342. The molecule has 0 fully saturated rings. The summed E-state index contributed by atoms with van der Waals surface area (Å²) in [5.41, 5.74) is 0.363. The number of hydrogen-bond acceptors (Lipinski definition) is 5. The van der Waals surface area contributed by atoms with Crippen molar-refractivity contribution in [2.24, 2.45) is 0 Å². The lowest BCUT2D eigenvalue weighted by Gasteiger charge is -2.11. The molecule has 7 nitrogen and oxygen atoms in total. The zero-order valence-electron chi connectivity index (χ0n) is 13.5. The second-order valence-corrected chi connectivity index (χ2v) is 5.59. The summed E-state index contributed by atoms with van der Waals surface area (Å²) >= 11 is 5.73. The van der Waals surface area contributed by atoms with Crippen molar-refractivity contribution in [2.45, 2.75) is 13.0 Å². The molecule has 1 aromatic heterocycles. The van der Waals surface area contributed by atoms with Gasteiger partial charge in [-0.2, -0.15) is 0 Å². The number of carbonyl (C=O) groups is 3. The first-order valence-corrected chi connectivity index (χ1v) is 7.85. The van der Waals surface area contributed by atoms with E-state index in [-0.39, 0.29) is 12.6 Å². The van der Waals surface area contributed by atoms with Crippen molar-refractivity contribution in [1.29, 1.82) is 0 Å². The van der Waals surface area contributed by atoms with Crippen molar-refractivity contribution in [3.63, 3.8) is 0 Å². The summed E-state index contributed by atoms with van der Waals surface area (Å²) in [6.07, 6.45) is 1.50. The number of rotatable bonds is 7. The van der Waals surface area contributed by atoms with E-state index in [4.69, 9.17) is 20.8 Å². The molecule has 1 aromatic carbocycles. The van der Waals surface area contributed by atoms with Gasteiger partial charge in [0.15, 0.2) is 6.61 Å². The van der Waals surface area contributed by atoms with Crippen LogP contribution in [0.5, 0.6) is 0 Å². The normalized spacial score (nSPS) is 11.4. The van der Waals surface area contributed by atoms with E-state index in [0.29, 0.717) is 16.3 Å². The maximum absolute atomic E-state index is 11.8. The Morgan fingerprint density at radius 3 is 2.56 bits per heavy atom. The van der Waals surface area contributed by atoms with Crippen molar-refractivity contribution >= 4 is 29.4 Å². The van der Waals surface area contributed by atoms with Gasteiger partial charge in [0.1, 0.15) is 12.3 Å². The zero-order chi connectivity index (χ0) is 18.2. The molecule has 0 saturated carbocycles. The first-order chi connectivity index (χ1) is 12.0. The number of carbonyl (C=O) groups excluding carboxylic acids is 3. The predicted octanol–water partition coefficient (Wildman–Crippen LogP) is 2.08. The number of ether oxygens (including phenoxy) is 1. The highest BCUT2D eigenvalue weighted by Gasteiger charge is 2.14. The maximum atomic E-state index is 11.8. The molecule has 1 atom stereocenters. The van der Waals surface area contributed by atoms with Gasteiger partial charge in [-0.3, -0.25) is 14.4 Å². The smallest absolute Gasteiger partial charge is 0.325 e. The number of amides is 2. The minimum atomic E-state index is -0.719. The van der Waals surface area contributed by atoms with Gasteiger partial charge in [0.05, 0.1) is 12.3 Å². The molecule has 2 amide bonds. The summed E-state index contributed by atoms with van der Waals surface area (Å²) < 4.78 is 9.97. The molecule has 2 N–H and O–H groups in total. The molecule has 0 aliphatic rings. The van der Waals surface area contributed by atoms with Crippen LogP contribution < -0.4 is 10.6 Å². The van der Waals surface area contributed by atoms with Gasteiger partial charge in [0, 0.05) is 10.6 Å². The Hall–Kier alpha value is -2.80. The van der Waals surface area contributed by atoms with Crippen molar-refractivity contribution in [2.75, 3.05) is 13.2 Å². The third kappa shape index (κ3) is 5.96. The molecular weight excluding hydrogens is 348 g/mol. The molecule has 132 valence electrons. The Kier molecular flexibility index (Phi) is 6.59. The summed E-state index contributed by atoms with van der Waals surface area (Å²) in [5, 5.41) is 5.53. The molecule has 0 aliphatic carbocycles. The monoisotopic (exact) mass is 364 g/mol. The lowest BCUT2D eigenvalue weighted by Crippen LogP contribution is -2.34. The van der Waals surface area contributed by atoms with Gasteiger partial charge in [0.2, 0.25) is 0 Å². The molecule has 2 aromatic rings. The van der Waals surface area contributed by atoms with Crippen LogP contribution >= 0.6 is 11.6 Å². The topological polar surface area (TPSA) is 97.6 Å². The molecule has 8 heteroatoms. The van der Waals surface area contributed by atoms with Crippen LogP contribution in [0.3, 0.4) is 0 Å². The van der Waals surface area contributed by atoms with Crippen LogP contribution in [0.2, 0.25) is 5.02 Å². The summed E-state index contributed by atoms with van der Waals surface area (Å²) in [7, 11) is 0. The second-order valence-electron chi connectivity index (χ2n) is 5.15. The zero-order valence-corrected chi connectivity index (χ0v) is 14.2. The first kappa shape index (κ1) is 18.5. The fourth-order valence-corrected chi connectivity index (χ4v) is 2.07. The van der Waals surface area contributed by atoms with E-state index in [1.807, 2.05) is 0 Å². The number of furan rings is 1. The lowest BCUT2D eigenvalue weighted by atomic mass is 10.2. The Bertz CT molecular complexity index is 728. The summed E-state index contributed by atoms with van der Waals surface area (Å²) in [6.45, 7) is 0.952. The quantitative estimate of drug-likeness (QED) is 0.733. The van der Waals surface area contributed by atoms with Gasteiger partial charge >= 0.3 is 5.97 Å². The fourth-order valence-electron chi connectivity index (χ4n) is 1.94. The van der Waals surface area contributed by atoms with E-state index in [1.165, 1.54) is 18.4 Å². The minimum Gasteiger partial charge on any atom is -0.467 e. The Balaban J connectivity index is 1.68. The number of esters is 1. The van der Waals surface area contributed by atoms with Gasteiger partial charge in [-0.25, -0.2) is 0 Å². The van der Waals surface area contributed by atoms with E-state index in [1.54, 1.807) is 31.2 Å². The van der Waals surface area contributed by atoms with Crippen LogP contribution in [0.25, 0.3) is 0 Å². The molecule has 0 bridgehead atoms. The van der Waals surface area contributed by atoms with Crippen LogP contribution in [-0.2, 0) is 14.3 Å². The van der Waals surface area contributed by atoms with E-state index in [9.17, 15) is 14.4 Å². The first-order valence-electron chi connectivity index (χ1n) is 7.48. The average Bonchev–Trinajstić information content (AvgIpc) is 3.13. The molecule has 2 rings (SSSR count). The molecule has 0 spiro atoms. The number of benzene rings is 1. The fraction of sp³-hybridized carbons (Fsp3) is 0.235. The third-order valence-electron chi connectivity index (χ3n) is 3.21. The van der Waals surface area contributed by atoms with Crippen LogP contribution in [0.1, 0.15) is 29.1 Å². The largest absolute Gasteiger partial charge is 0.467 e. The number of halogens is 1. The van der Waals surface area contributed by atoms with Crippen LogP contribution in [0.15, 0.2) is 47.1 Å². The number of nitrogens with one attached hydrogen (secondary N) is 2. The SMILES string of the molecule is C[C@H](NC(=O)COC(=O)CNC(=O)c1ccc(Cl)cc1)c1ccco1. The van der Waals surface area contributed by atoms with E-state index in [2.05, 4.69) is 10.6 Å². The van der Waals surface area contributed by atoms with E-state index in [0.717, 1.165) is 0 Å². The Morgan fingerprint density at radius 2 is 1.92 bits per heavy atom.